The molecule has 0 aliphatic heterocycles. The summed E-state index contributed by atoms with van der Waals surface area (Å²) in [6.07, 6.45) is 4.83. The lowest BCUT2D eigenvalue weighted by atomic mass is 9.63. The standard InChI is InChI=1S/C16H29NO/c1-7-14(2,3)13(18)17-16(6)12-9-8-11(10-12)15(16,4)5/h11-12H,7-10H2,1-6H3,(H,17,18). The van der Waals surface area contributed by atoms with Gasteiger partial charge in [-0.2, -0.15) is 0 Å². The van der Waals surface area contributed by atoms with Gasteiger partial charge in [-0.1, -0.05) is 34.6 Å². The third-order valence-corrected chi connectivity index (χ3v) is 6.48. The summed E-state index contributed by atoms with van der Waals surface area (Å²) in [5.74, 6) is 1.69. The SMILES string of the molecule is CCC(C)(C)C(=O)NC1(C)C2CCC(C2)C1(C)C. The van der Waals surface area contributed by atoms with Crippen LogP contribution in [0.25, 0.3) is 0 Å². The van der Waals surface area contributed by atoms with Gasteiger partial charge in [0.15, 0.2) is 0 Å². The molecule has 2 saturated carbocycles. The van der Waals surface area contributed by atoms with Crippen LogP contribution in [0.5, 0.6) is 0 Å². The van der Waals surface area contributed by atoms with E-state index in [1.807, 2.05) is 13.8 Å². The zero-order valence-corrected chi connectivity index (χ0v) is 12.9. The summed E-state index contributed by atoms with van der Waals surface area (Å²) in [4.78, 5) is 12.5. The highest BCUT2D eigenvalue weighted by Gasteiger charge is 2.61. The molecule has 2 rings (SSSR count). The summed E-state index contributed by atoms with van der Waals surface area (Å²) < 4.78 is 0. The number of rotatable bonds is 3. The first-order chi connectivity index (χ1) is 8.15. The quantitative estimate of drug-likeness (QED) is 0.813. The Kier molecular flexibility index (Phi) is 3.07. The first-order valence-electron chi connectivity index (χ1n) is 7.48. The molecule has 2 aliphatic carbocycles. The number of nitrogens with one attached hydrogen (secondary N) is 1. The molecule has 2 aliphatic rings. The maximum absolute atomic E-state index is 12.5. The topological polar surface area (TPSA) is 29.1 Å². The summed E-state index contributed by atoms with van der Waals surface area (Å²) in [7, 11) is 0. The van der Waals surface area contributed by atoms with E-state index in [1.54, 1.807) is 0 Å². The molecule has 2 heteroatoms. The highest BCUT2D eigenvalue weighted by molar-refractivity contribution is 5.82. The van der Waals surface area contributed by atoms with E-state index in [0.29, 0.717) is 5.92 Å². The van der Waals surface area contributed by atoms with E-state index in [2.05, 4.69) is 33.0 Å². The van der Waals surface area contributed by atoms with E-state index >= 15 is 0 Å². The summed E-state index contributed by atoms with van der Waals surface area (Å²) in [5, 5.41) is 3.43. The third-order valence-electron chi connectivity index (χ3n) is 6.48. The summed E-state index contributed by atoms with van der Waals surface area (Å²) in [6.45, 7) is 13.2. The Balaban J connectivity index is 2.20. The van der Waals surface area contributed by atoms with Crippen LogP contribution < -0.4 is 5.32 Å². The van der Waals surface area contributed by atoms with Crippen LogP contribution in [-0.4, -0.2) is 11.4 Å². The van der Waals surface area contributed by atoms with E-state index in [-0.39, 0.29) is 22.3 Å². The predicted molar refractivity (Wildman–Crippen MR) is 75.2 cm³/mol. The van der Waals surface area contributed by atoms with Crippen molar-refractivity contribution in [3.63, 3.8) is 0 Å². The molecular formula is C16H29NO. The highest BCUT2D eigenvalue weighted by Crippen LogP contribution is 2.61. The first kappa shape index (κ1) is 13.9. The molecule has 3 atom stereocenters. The second-order valence-corrected chi connectivity index (χ2v) is 7.82. The van der Waals surface area contributed by atoms with Gasteiger partial charge in [-0.05, 0) is 49.9 Å². The predicted octanol–water partition coefficient (Wildman–Crippen LogP) is 3.75. The molecule has 104 valence electrons. The lowest BCUT2D eigenvalue weighted by molar-refractivity contribution is -0.134. The van der Waals surface area contributed by atoms with Crippen molar-refractivity contribution in [2.75, 3.05) is 0 Å². The van der Waals surface area contributed by atoms with Crippen molar-refractivity contribution >= 4 is 5.91 Å². The van der Waals surface area contributed by atoms with Gasteiger partial charge < -0.3 is 5.32 Å². The Labute approximate surface area is 112 Å². The number of hydrogen-bond acceptors (Lipinski definition) is 1. The van der Waals surface area contributed by atoms with Crippen LogP contribution in [0.4, 0.5) is 0 Å². The van der Waals surface area contributed by atoms with Crippen molar-refractivity contribution in [1.29, 1.82) is 0 Å². The molecule has 18 heavy (non-hydrogen) atoms. The molecule has 2 fully saturated rings. The van der Waals surface area contributed by atoms with Crippen molar-refractivity contribution in [1.82, 2.24) is 5.32 Å². The Bertz CT molecular complexity index is 358. The second kappa shape index (κ2) is 3.98. The third kappa shape index (κ3) is 1.71. The van der Waals surface area contributed by atoms with Crippen LogP contribution in [0.1, 0.15) is 67.2 Å². The fourth-order valence-electron chi connectivity index (χ4n) is 3.94. The summed E-state index contributed by atoms with van der Waals surface area (Å²) in [5.41, 5.74) is -0.0320. The van der Waals surface area contributed by atoms with E-state index in [4.69, 9.17) is 0 Å². The van der Waals surface area contributed by atoms with Crippen LogP contribution in [0.3, 0.4) is 0 Å². The molecule has 0 radical (unpaired) electrons. The van der Waals surface area contributed by atoms with Crippen molar-refractivity contribution in [2.24, 2.45) is 22.7 Å². The minimum atomic E-state index is -0.249. The summed E-state index contributed by atoms with van der Waals surface area (Å²) in [6, 6.07) is 0. The molecule has 0 aromatic rings. The van der Waals surface area contributed by atoms with Gasteiger partial charge in [0.05, 0.1) is 0 Å². The van der Waals surface area contributed by atoms with Crippen LogP contribution in [-0.2, 0) is 4.79 Å². The fraction of sp³-hybridized carbons (Fsp3) is 0.938. The number of hydrogen-bond donors (Lipinski definition) is 1. The molecule has 0 spiro atoms. The largest absolute Gasteiger partial charge is 0.350 e. The second-order valence-electron chi connectivity index (χ2n) is 7.82. The van der Waals surface area contributed by atoms with Crippen molar-refractivity contribution in [3.8, 4) is 0 Å². The number of carbonyl (C=O) groups excluding carboxylic acids is 1. The van der Waals surface area contributed by atoms with Gasteiger partial charge in [-0.25, -0.2) is 0 Å². The van der Waals surface area contributed by atoms with Gasteiger partial charge in [0, 0.05) is 11.0 Å². The van der Waals surface area contributed by atoms with Crippen molar-refractivity contribution in [2.45, 2.75) is 72.8 Å². The molecule has 2 bridgehead atoms. The number of amides is 1. The van der Waals surface area contributed by atoms with E-state index < -0.39 is 0 Å². The van der Waals surface area contributed by atoms with Gasteiger partial charge in [-0.15, -0.1) is 0 Å². The Morgan fingerprint density at radius 1 is 1.22 bits per heavy atom. The van der Waals surface area contributed by atoms with Gasteiger partial charge in [-0.3, -0.25) is 4.79 Å². The minimum Gasteiger partial charge on any atom is -0.350 e. The van der Waals surface area contributed by atoms with Crippen LogP contribution in [0.2, 0.25) is 0 Å². The maximum atomic E-state index is 12.5. The highest BCUT2D eigenvalue weighted by atomic mass is 16.2. The van der Waals surface area contributed by atoms with Crippen molar-refractivity contribution < 1.29 is 4.79 Å². The van der Waals surface area contributed by atoms with Gasteiger partial charge in [0.2, 0.25) is 5.91 Å². The molecule has 1 N–H and O–H groups in total. The average molecular weight is 251 g/mol. The van der Waals surface area contributed by atoms with Gasteiger partial charge in [0.1, 0.15) is 0 Å². The van der Waals surface area contributed by atoms with E-state index in [9.17, 15) is 4.79 Å². The molecular weight excluding hydrogens is 222 g/mol. The van der Waals surface area contributed by atoms with E-state index in [1.165, 1.54) is 19.3 Å². The minimum absolute atomic E-state index is 0.0144. The molecule has 2 nitrogen and oxygen atoms in total. The van der Waals surface area contributed by atoms with Crippen molar-refractivity contribution in [3.05, 3.63) is 0 Å². The number of carbonyl (C=O) groups is 1. The Hall–Kier alpha value is -0.530. The fourth-order valence-corrected chi connectivity index (χ4v) is 3.94. The summed E-state index contributed by atoms with van der Waals surface area (Å²) >= 11 is 0. The average Bonchev–Trinajstić information content (AvgIpc) is 2.82. The lowest BCUT2D eigenvalue weighted by Crippen LogP contribution is -2.61. The zero-order valence-electron chi connectivity index (χ0n) is 12.9. The molecule has 0 saturated heterocycles. The maximum Gasteiger partial charge on any atom is 0.226 e. The molecule has 3 unspecified atom stereocenters. The van der Waals surface area contributed by atoms with Crippen LogP contribution >= 0.6 is 0 Å². The zero-order chi connectivity index (χ0) is 13.8. The molecule has 0 heterocycles. The normalized spacial score (nSPS) is 37.9. The Morgan fingerprint density at radius 2 is 1.78 bits per heavy atom. The Morgan fingerprint density at radius 3 is 2.22 bits per heavy atom. The smallest absolute Gasteiger partial charge is 0.226 e. The monoisotopic (exact) mass is 251 g/mol. The van der Waals surface area contributed by atoms with E-state index in [0.717, 1.165) is 12.3 Å². The number of fused-ring (bicyclic) bond motifs is 2. The van der Waals surface area contributed by atoms with Crippen LogP contribution in [0, 0.1) is 22.7 Å². The lowest BCUT2D eigenvalue weighted by Gasteiger charge is -2.49. The van der Waals surface area contributed by atoms with Gasteiger partial charge >= 0.3 is 0 Å². The first-order valence-corrected chi connectivity index (χ1v) is 7.48. The molecule has 1 amide bonds. The molecule has 0 aromatic carbocycles. The van der Waals surface area contributed by atoms with Crippen LogP contribution in [0.15, 0.2) is 0 Å². The molecule has 0 aromatic heterocycles. The van der Waals surface area contributed by atoms with Gasteiger partial charge in [0.25, 0.3) is 0 Å².